The lowest BCUT2D eigenvalue weighted by Crippen LogP contribution is -2.51. The second-order valence-electron chi connectivity index (χ2n) is 8.78. The second-order valence-corrected chi connectivity index (χ2v) is 9.18. The first-order valence-electron chi connectivity index (χ1n) is 10.3. The number of nitrogens with zero attached hydrogens (tertiary/aromatic N) is 1. The Kier molecular flexibility index (Phi) is 6.76. The van der Waals surface area contributed by atoms with Crippen molar-refractivity contribution in [2.24, 2.45) is 0 Å². The minimum atomic E-state index is -0.515. The van der Waals surface area contributed by atoms with E-state index in [1.807, 2.05) is 39.0 Å². The normalized spacial score (nSPS) is 16.1. The molecular formula is C24H29FN2O2S. The smallest absolute Gasteiger partial charge is 0.410 e. The van der Waals surface area contributed by atoms with Gasteiger partial charge in [-0.25, -0.2) is 9.18 Å². The number of benzene rings is 2. The molecule has 1 aliphatic rings. The third kappa shape index (κ3) is 5.36. The molecule has 0 aliphatic carbocycles. The van der Waals surface area contributed by atoms with E-state index in [0.29, 0.717) is 30.2 Å². The van der Waals surface area contributed by atoms with E-state index in [1.165, 1.54) is 11.6 Å². The first kappa shape index (κ1) is 22.2. The number of carbonyl (C=O) groups excluding carboxylic acids is 1. The van der Waals surface area contributed by atoms with Crippen LogP contribution < -0.4 is 5.32 Å². The predicted octanol–water partition coefficient (Wildman–Crippen LogP) is 5.06. The van der Waals surface area contributed by atoms with Gasteiger partial charge in [0.05, 0.1) is 0 Å². The first-order chi connectivity index (χ1) is 14.2. The molecule has 0 atom stereocenters. The molecule has 30 heavy (non-hydrogen) atoms. The van der Waals surface area contributed by atoms with Gasteiger partial charge in [-0.05, 0) is 51.3 Å². The van der Waals surface area contributed by atoms with E-state index in [-0.39, 0.29) is 17.3 Å². The van der Waals surface area contributed by atoms with E-state index in [0.717, 1.165) is 12.8 Å². The molecule has 0 radical (unpaired) electrons. The van der Waals surface area contributed by atoms with Crippen LogP contribution in [0.25, 0.3) is 0 Å². The first-order valence-corrected chi connectivity index (χ1v) is 10.7. The van der Waals surface area contributed by atoms with Crippen LogP contribution in [0, 0.1) is 5.82 Å². The van der Waals surface area contributed by atoms with Gasteiger partial charge < -0.3 is 15.0 Å². The lowest BCUT2D eigenvalue weighted by atomic mass is 9.72. The molecule has 1 N–H and O–H groups in total. The summed E-state index contributed by atoms with van der Waals surface area (Å²) in [6, 6.07) is 16.8. The average molecular weight is 429 g/mol. The third-order valence-electron chi connectivity index (χ3n) is 5.46. The summed E-state index contributed by atoms with van der Waals surface area (Å²) in [6.07, 6.45) is 1.26. The summed E-state index contributed by atoms with van der Waals surface area (Å²) in [5.41, 5.74) is 0.882. The molecule has 0 aromatic heterocycles. The lowest BCUT2D eigenvalue weighted by Gasteiger charge is -2.42. The zero-order valence-electron chi connectivity index (χ0n) is 17.8. The molecule has 6 heteroatoms. The van der Waals surface area contributed by atoms with Crippen molar-refractivity contribution in [2.75, 3.05) is 19.6 Å². The molecule has 2 aromatic carbocycles. The van der Waals surface area contributed by atoms with Crippen molar-refractivity contribution in [3.8, 4) is 0 Å². The Bertz CT molecular complexity index is 888. The van der Waals surface area contributed by atoms with Crippen LogP contribution >= 0.6 is 12.2 Å². The minimum Gasteiger partial charge on any atom is -0.444 e. The van der Waals surface area contributed by atoms with Gasteiger partial charge in [0.25, 0.3) is 0 Å². The number of piperidine rings is 1. The van der Waals surface area contributed by atoms with E-state index < -0.39 is 5.60 Å². The monoisotopic (exact) mass is 428 g/mol. The fourth-order valence-electron chi connectivity index (χ4n) is 3.79. The fraction of sp³-hybridized carbons (Fsp3) is 0.417. The average Bonchev–Trinajstić information content (AvgIpc) is 2.72. The van der Waals surface area contributed by atoms with E-state index in [4.69, 9.17) is 17.0 Å². The van der Waals surface area contributed by atoms with Gasteiger partial charge in [0.1, 0.15) is 16.4 Å². The van der Waals surface area contributed by atoms with Crippen LogP contribution in [0.1, 0.15) is 44.7 Å². The Labute approximate surface area is 183 Å². The molecule has 1 saturated heterocycles. The Morgan fingerprint density at radius 3 is 2.30 bits per heavy atom. The molecule has 160 valence electrons. The quantitative estimate of drug-likeness (QED) is 0.691. The van der Waals surface area contributed by atoms with E-state index in [2.05, 4.69) is 17.4 Å². The van der Waals surface area contributed by atoms with Gasteiger partial charge in [0.15, 0.2) is 0 Å². The van der Waals surface area contributed by atoms with Crippen LogP contribution in [0.4, 0.5) is 9.18 Å². The molecule has 0 bridgehead atoms. The van der Waals surface area contributed by atoms with Crippen molar-refractivity contribution in [3.63, 3.8) is 0 Å². The minimum absolute atomic E-state index is 0.199. The third-order valence-corrected chi connectivity index (χ3v) is 5.83. The summed E-state index contributed by atoms with van der Waals surface area (Å²) in [6.45, 7) is 7.38. The van der Waals surface area contributed by atoms with Crippen LogP contribution in [0.2, 0.25) is 0 Å². The Balaban J connectivity index is 1.74. The highest BCUT2D eigenvalue weighted by Gasteiger charge is 2.38. The van der Waals surface area contributed by atoms with Gasteiger partial charge in [-0.2, -0.15) is 0 Å². The standard InChI is InChI=1S/C24H29FN2O2S/c1-23(2,3)29-22(28)27-15-13-24(14-16-27,18-9-5-4-6-10-18)17-26-21(30)19-11-7-8-12-20(19)25/h4-12H,13-17H2,1-3H3,(H,26,30). The Hall–Kier alpha value is -2.47. The molecule has 3 rings (SSSR count). The molecular weight excluding hydrogens is 399 g/mol. The number of hydrogen-bond donors (Lipinski definition) is 1. The second kappa shape index (κ2) is 9.13. The molecule has 0 unspecified atom stereocenters. The highest BCUT2D eigenvalue weighted by Crippen LogP contribution is 2.35. The fourth-order valence-corrected chi connectivity index (χ4v) is 4.03. The van der Waals surface area contributed by atoms with Crippen molar-refractivity contribution < 1.29 is 13.9 Å². The highest BCUT2D eigenvalue weighted by atomic mass is 32.1. The number of amides is 1. The molecule has 1 fully saturated rings. The number of thiocarbonyl (C=S) groups is 1. The van der Waals surface area contributed by atoms with Gasteiger partial charge >= 0.3 is 6.09 Å². The van der Waals surface area contributed by atoms with Gasteiger partial charge in [0.2, 0.25) is 0 Å². The number of carbonyl (C=O) groups is 1. The zero-order chi connectivity index (χ0) is 21.8. The summed E-state index contributed by atoms with van der Waals surface area (Å²) in [5.74, 6) is -0.330. The molecule has 0 saturated carbocycles. The van der Waals surface area contributed by atoms with Gasteiger partial charge in [-0.1, -0.05) is 54.7 Å². The SMILES string of the molecule is CC(C)(C)OC(=O)N1CCC(CNC(=S)c2ccccc2F)(c2ccccc2)CC1. The number of rotatable bonds is 4. The van der Waals surface area contributed by atoms with Crippen LogP contribution in [0.3, 0.4) is 0 Å². The summed E-state index contributed by atoms with van der Waals surface area (Å²) in [5, 5.41) is 3.29. The van der Waals surface area contributed by atoms with E-state index >= 15 is 0 Å². The topological polar surface area (TPSA) is 41.6 Å². The summed E-state index contributed by atoms with van der Waals surface area (Å²) < 4.78 is 19.6. The molecule has 4 nitrogen and oxygen atoms in total. The van der Waals surface area contributed by atoms with Gasteiger partial charge in [0, 0.05) is 30.6 Å². The number of likely N-dealkylation sites (tertiary alicyclic amines) is 1. The summed E-state index contributed by atoms with van der Waals surface area (Å²) in [4.78, 5) is 14.6. The maximum Gasteiger partial charge on any atom is 0.410 e. The van der Waals surface area contributed by atoms with Crippen molar-refractivity contribution in [1.82, 2.24) is 10.2 Å². The van der Waals surface area contributed by atoms with Crippen LogP contribution in [0.5, 0.6) is 0 Å². The van der Waals surface area contributed by atoms with E-state index in [1.54, 1.807) is 23.1 Å². The number of halogens is 1. The van der Waals surface area contributed by atoms with Crippen LogP contribution in [-0.2, 0) is 10.2 Å². The van der Waals surface area contributed by atoms with Crippen molar-refractivity contribution in [3.05, 3.63) is 71.5 Å². The summed E-state index contributed by atoms with van der Waals surface area (Å²) >= 11 is 5.46. The zero-order valence-corrected chi connectivity index (χ0v) is 18.6. The largest absolute Gasteiger partial charge is 0.444 e. The van der Waals surface area contributed by atoms with Gasteiger partial charge in [-0.15, -0.1) is 0 Å². The van der Waals surface area contributed by atoms with Crippen LogP contribution in [-0.4, -0.2) is 41.2 Å². The Morgan fingerprint density at radius 2 is 1.70 bits per heavy atom. The maximum absolute atomic E-state index is 14.1. The Morgan fingerprint density at radius 1 is 1.10 bits per heavy atom. The molecule has 1 aliphatic heterocycles. The van der Waals surface area contributed by atoms with Crippen molar-refractivity contribution in [1.29, 1.82) is 0 Å². The number of hydrogen-bond acceptors (Lipinski definition) is 3. The van der Waals surface area contributed by atoms with Crippen molar-refractivity contribution in [2.45, 2.75) is 44.6 Å². The lowest BCUT2D eigenvalue weighted by molar-refractivity contribution is 0.0165. The summed E-state index contributed by atoms with van der Waals surface area (Å²) in [7, 11) is 0. The molecule has 1 amide bonds. The van der Waals surface area contributed by atoms with Crippen LogP contribution in [0.15, 0.2) is 54.6 Å². The van der Waals surface area contributed by atoms with E-state index in [9.17, 15) is 9.18 Å². The van der Waals surface area contributed by atoms with Crippen molar-refractivity contribution >= 4 is 23.3 Å². The highest BCUT2D eigenvalue weighted by molar-refractivity contribution is 7.80. The molecule has 2 aromatic rings. The van der Waals surface area contributed by atoms with Gasteiger partial charge in [-0.3, -0.25) is 0 Å². The predicted molar refractivity (Wildman–Crippen MR) is 121 cm³/mol. The number of nitrogens with one attached hydrogen (secondary N) is 1. The molecule has 1 heterocycles. The maximum atomic E-state index is 14.1. The molecule has 0 spiro atoms. The number of ether oxygens (including phenoxy) is 1.